The number of carbonyl (C=O) groups is 2. The molecular formula is C18H20N8O2S. The van der Waals surface area contributed by atoms with Crippen LogP contribution in [0.1, 0.15) is 12.0 Å². The molecule has 3 rings (SSSR count). The molecule has 0 spiro atoms. The number of rotatable bonds is 7. The van der Waals surface area contributed by atoms with Crippen LogP contribution in [0.15, 0.2) is 47.8 Å². The minimum atomic E-state index is -0.412. The van der Waals surface area contributed by atoms with Gasteiger partial charge in [-0.25, -0.2) is 9.78 Å². The largest absolute Gasteiger partial charge is 0.337 e. The maximum atomic E-state index is 12.1. The van der Waals surface area contributed by atoms with Gasteiger partial charge in [-0.05, 0) is 53.4 Å². The Bertz CT molecular complexity index is 990. The van der Waals surface area contributed by atoms with Crippen molar-refractivity contribution < 1.29 is 9.59 Å². The monoisotopic (exact) mass is 412 g/mol. The van der Waals surface area contributed by atoms with Gasteiger partial charge in [0.25, 0.3) is 0 Å². The fraction of sp³-hybridized carbons (Fsp3) is 0.222. The SMILES string of the molecule is CSc1nnnn1-c1cccc(NC(=O)NCCC(=O)Nc2ccc(C)cn2)c1. The van der Waals surface area contributed by atoms with Crippen LogP contribution in [0.2, 0.25) is 0 Å². The zero-order chi connectivity index (χ0) is 20.6. The molecule has 0 aliphatic heterocycles. The fourth-order valence-electron chi connectivity index (χ4n) is 2.40. The van der Waals surface area contributed by atoms with E-state index in [0.717, 1.165) is 11.3 Å². The molecule has 2 heterocycles. The highest BCUT2D eigenvalue weighted by Gasteiger charge is 2.09. The first-order valence-electron chi connectivity index (χ1n) is 8.75. The fourth-order valence-corrected chi connectivity index (χ4v) is 2.83. The molecule has 1 aromatic carbocycles. The molecule has 0 atom stereocenters. The number of aryl methyl sites for hydroxylation is 1. The van der Waals surface area contributed by atoms with Crippen LogP contribution < -0.4 is 16.0 Å². The Labute approximate surface area is 171 Å². The predicted octanol–water partition coefficient (Wildman–Crippen LogP) is 2.24. The molecule has 0 unspecified atom stereocenters. The molecule has 2 aromatic heterocycles. The normalized spacial score (nSPS) is 10.4. The zero-order valence-corrected chi connectivity index (χ0v) is 16.7. The highest BCUT2D eigenvalue weighted by Crippen LogP contribution is 2.18. The van der Waals surface area contributed by atoms with Gasteiger partial charge in [0.05, 0.1) is 5.69 Å². The summed E-state index contributed by atoms with van der Waals surface area (Å²) in [4.78, 5) is 28.1. The minimum Gasteiger partial charge on any atom is -0.337 e. The van der Waals surface area contributed by atoms with E-state index in [0.29, 0.717) is 16.7 Å². The number of hydrogen-bond acceptors (Lipinski definition) is 7. The number of pyridine rings is 1. The van der Waals surface area contributed by atoms with Crippen LogP contribution in [-0.2, 0) is 4.79 Å². The van der Waals surface area contributed by atoms with Gasteiger partial charge in [0.2, 0.25) is 11.1 Å². The van der Waals surface area contributed by atoms with E-state index in [2.05, 4.69) is 36.5 Å². The molecule has 0 radical (unpaired) electrons. The second-order valence-corrected chi connectivity index (χ2v) is 6.80. The smallest absolute Gasteiger partial charge is 0.319 e. The number of benzene rings is 1. The number of hydrogen-bond donors (Lipinski definition) is 3. The average molecular weight is 412 g/mol. The Morgan fingerprint density at radius 3 is 2.79 bits per heavy atom. The van der Waals surface area contributed by atoms with E-state index >= 15 is 0 Å². The molecule has 0 bridgehead atoms. The Morgan fingerprint density at radius 2 is 2.03 bits per heavy atom. The molecule has 10 nitrogen and oxygen atoms in total. The Balaban J connectivity index is 1.48. The van der Waals surface area contributed by atoms with Crippen LogP contribution in [0, 0.1) is 6.92 Å². The van der Waals surface area contributed by atoms with Crippen molar-refractivity contribution in [1.29, 1.82) is 0 Å². The van der Waals surface area contributed by atoms with E-state index in [9.17, 15) is 9.59 Å². The third-order valence-corrected chi connectivity index (χ3v) is 4.41. The Kier molecular flexibility index (Phi) is 6.74. The van der Waals surface area contributed by atoms with E-state index in [1.54, 1.807) is 35.1 Å². The van der Waals surface area contributed by atoms with Gasteiger partial charge >= 0.3 is 6.03 Å². The van der Waals surface area contributed by atoms with Crippen molar-refractivity contribution in [2.45, 2.75) is 18.5 Å². The molecule has 11 heteroatoms. The van der Waals surface area contributed by atoms with Crippen LogP contribution >= 0.6 is 11.8 Å². The molecule has 150 valence electrons. The van der Waals surface area contributed by atoms with E-state index in [1.165, 1.54) is 11.8 Å². The second kappa shape index (κ2) is 9.64. The summed E-state index contributed by atoms with van der Waals surface area (Å²) in [5.74, 6) is 0.251. The number of aromatic nitrogens is 5. The molecule has 0 fully saturated rings. The number of thioether (sulfide) groups is 1. The summed E-state index contributed by atoms with van der Waals surface area (Å²) in [6.07, 6.45) is 3.68. The number of urea groups is 1. The molecule has 0 aliphatic rings. The highest BCUT2D eigenvalue weighted by atomic mass is 32.2. The van der Waals surface area contributed by atoms with E-state index < -0.39 is 6.03 Å². The van der Waals surface area contributed by atoms with E-state index in [4.69, 9.17) is 0 Å². The van der Waals surface area contributed by atoms with Crippen LogP contribution in [0.5, 0.6) is 0 Å². The summed E-state index contributed by atoms with van der Waals surface area (Å²) in [5.41, 5.74) is 2.31. The first-order valence-corrected chi connectivity index (χ1v) is 9.98. The van der Waals surface area contributed by atoms with Gasteiger partial charge in [0.15, 0.2) is 0 Å². The van der Waals surface area contributed by atoms with Crippen molar-refractivity contribution in [3.63, 3.8) is 0 Å². The lowest BCUT2D eigenvalue weighted by molar-refractivity contribution is -0.116. The van der Waals surface area contributed by atoms with Crippen LogP contribution in [0.3, 0.4) is 0 Å². The van der Waals surface area contributed by atoms with Gasteiger partial charge in [-0.2, -0.15) is 4.68 Å². The number of tetrazole rings is 1. The van der Waals surface area contributed by atoms with Crippen molar-refractivity contribution in [1.82, 2.24) is 30.5 Å². The molecular weight excluding hydrogens is 392 g/mol. The summed E-state index contributed by atoms with van der Waals surface area (Å²) in [6.45, 7) is 2.11. The quantitative estimate of drug-likeness (QED) is 0.508. The summed E-state index contributed by atoms with van der Waals surface area (Å²) >= 11 is 1.42. The molecule has 29 heavy (non-hydrogen) atoms. The summed E-state index contributed by atoms with van der Waals surface area (Å²) < 4.78 is 1.58. The third-order valence-electron chi connectivity index (χ3n) is 3.79. The van der Waals surface area contributed by atoms with Gasteiger partial charge in [0.1, 0.15) is 5.82 Å². The highest BCUT2D eigenvalue weighted by molar-refractivity contribution is 7.98. The standard InChI is InChI=1S/C18H20N8O2S/c1-12-6-7-15(20-11-12)22-16(27)8-9-19-17(28)21-13-4-3-5-14(10-13)26-18(29-2)23-24-25-26/h3-7,10-11H,8-9H2,1-2H3,(H2,19,21,28)(H,20,22,27). The van der Waals surface area contributed by atoms with Crippen LogP contribution in [0.4, 0.5) is 16.3 Å². The van der Waals surface area contributed by atoms with Crippen molar-refractivity contribution in [3.05, 3.63) is 48.2 Å². The molecule has 3 N–H and O–H groups in total. The van der Waals surface area contributed by atoms with E-state index in [1.807, 2.05) is 25.3 Å². The number of anilines is 2. The molecule has 3 aromatic rings. The van der Waals surface area contributed by atoms with Gasteiger partial charge in [-0.1, -0.05) is 23.9 Å². The molecule has 0 saturated heterocycles. The lowest BCUT2D eigenvalue weighted by Crippen LogP contribution is -2.31. The van der Waals surface area contributed by atoms with Crippen molar-refractivity contribution in [3.8, 4) is 5.69 Å². The molecule has 0 aliphatic carbocycles. The van der Waals surface area contributed by atoms with Crippen molar-refractivity contribution >= 4 is 35.2 Å². The first-order chi connectivity index (χ1) is 14.0. The van der Waals surface area contributed by atoms with Gasteiger partial charge in [-0.15, -0.1) is 5.10 Å². The number of amides is 3. The van der Waals surface area contributed by atoms with Gasteiger partial charge in [0, 0.05) is 24.8 Å². The second-order valence-electron chi connectivity index (χ2n) is 6.03. The third kappa shape index (κ3) is 5.75. The Morgan fingerprint density at radius 1 is 1.17 bits per heavy atom. The summed E-state index contributed by atoms with van der Waals surface area (Å²) in [6, 6.07) is 10.3. The van der Waals surface area contributed by atoms with Crippen molar-refractivity contribution in [2.24, 2.45) is 0 Å². The minimum absolute atomic E-state index is 0.130. The summed E-state index contributed by atoms with van der Waals surface area (Å²) in [7, 11) is 0. The number of nitrogens with zero attached hydrogens (tertiary/aromatic N) is 5. The number of carbonyl (C=O) groups excluding carboxylic acids is 2. The first kappa shape index (κ1) is 20.3. The maximum Gasteiger partial charge on any atom is 0.319 e. The lowest BCUT2D eigenvalue weighted by Gasteiger charge is -2.09. The van der Waals surface area contributed by atoms with Gasteiger partial charge < -0.3 is 16.0 Å². The topological polar surface area (TPSA) is 127 Å². The van der Waals surface area contributed by atoms with Gasteiger partial charge in [-0.3, -0.25) is 4.79 Å². The summed E-state index contributed by atoms with van der Waals surface area (Å²) in [5, 5.41) is 20.2. The number of nitrogens with one attached hydrogen (secondary N) is 3. The van der Waals surface area contributed by atoms with Crippen molar-refractivity contribution in [2.75, 3.05) is 23.4 Å². The van der Waals surface area contributed by atoms with E-state index in [-0.39, 0.29) is 18.9 Å². The van der Waals surface area contributed by atoms with Crippen LogP contribution in [0.25, 0.3) is 5.69 Å². The average Bonchev–Trinajstić information content (AvgIpc) is 3.19. The molecule has 0 saturated carbocycles. The molecule has 3 amide bonds. The lowest BCUT2D eigenvalue weighted by atomic mass is 10.3. The van der Waals surface area contributed by atoms with Crippen LogP contribution in [-0.4, -0.2) is 49.9 Å². The maximum absolute atomic E-state index is 12.1. The Hall–Kier alpha value is -3.47. The zero-order valence-electron chi connectivity index (χ0n) is 15.9. The predicted molar refractivity (Wildman–Crippen MR) is 110 cm³/mol.